The standard InChI is InChI=1S/C12H16INO3/c1-3-8-12(16,17-11(15)14-2)9-6-4-5-7-10(9)13/h4-7,16H,3,8H2,1-2H3,(H,14,15)/t12-/m0/s1. The Bertz CT molecular complexity index is 397. The lowest BCUT2D eigenvalue weighted by Gasteiger charge is -2.28. The lowest BCUT2D eigenvalue weighted by molar-refractivity contribution is -0.175. The van der Waals surface area contributed by atoms with E-state index in [-0.39, 0.29) is 0 Å². The van der Waals surface area contributed by atoms with Crippen LogP contribution in [0.25, 0.3) is 0 Å². The highest BCUT2D eigenvalue weighted by Crippen LogP contribution is 2.31. The maximum atomic E-state index is 11.3. The van der Waals surface area contributed by atoms with Crippen molar-refractivity contribution in [2.24, 2.45) is 0 Å². The number of carbonyl (C=O) groups excluding carboxylic acids is 1. The molecule has 0 heterocycles. The van der Waals surface area contributed by atoms with E-state index < -0.39 is 11.9 Å². The lowest BCUT2D eigenvalue weighted by Crippen LogP contribution is -2.36. The molecule has 0 bridgehead atoms. The molecule has 0 saturated carbocycles. The summed E-state index contributed by atoms with van der Waals surface area (Å²) in [5, 5.41) is 12.8. The molecular weight excluding hydrogens is 333 g/mol. The zero-order chi connectivity index (χ0) is 12.9. The SMILES string of the molecule is CCC[C@](O)(OC(=O)NC)c1ccccc1I. The molecule has 0 saturated heterocycles. The maximum absolute atomic E-state index is 11.3. The summed E-state index contributed by atoms with van der Waals surface area (Å²) in [5.74, 6) is -1.56. The van der Waals surface area contributed by atoms with Gasteiger partial charge in [0, 0.05) is 22.6 Å². The molecule has 1 atom stereocenters. The summed E-state index contributed by atoms with van der Waals surface area (Å²) in [5.41, 5.74) is 0.617. The molecule has 1 aromatic carbocycles. The van der Waals surface area contributed by atoms with Gasteiger partial charge in [-0.25, -0.2) is 4.79 Å². The molecule has 0 unspecified atom stereocenters. The smallest absolute Gasteiger partial charge is 0.409 e. The first kappa shape index (κ1) is 14.2. The van der Waals surface area contributed by atoms with Gasteiger partial charge in [-0.1, -0.05) is 25.1 Å². The van der Waals surface area contributed by atoms with Crippen LogP contribution in [0.15, 0.2) is 24.3 Å². The van der Waals surface area contributed by atoms with Gasteiger partial charge in [-0.3, -0.25) is 0 Å². The quantitative estimate of drug-likeness (QED) is 0.649. The topological polar surface area (TPSA) is 58.6 Å². The van der Waals surface area contributed by atoms with Gasteiger partial charge in [0.05, 0.1) is 0 Å². The summed E-state index contributed by atoms with van der Waals surface area (Å²) in [4.78, 5) is 11.3. The molecule has 1 aromatic rings. The fourth-order valence-corrected chi connectivity index (χ4v) is 2.37. The fraction of sp³-hybridized carbons (Fsp3) is 0.417. The van der Waals surface area contributed by atoms with Gasteiger partial charge in [0.15, 0.2) is 0 Å². The van der Waals surface area contributed by atoms with Crippen LogP contribution in [0, 0.1) is 3.57 Å². The van der Waals surface area contributed by atoms with E-state index in [4.69, 9.17) is 4.74 Å². The summed E-state index contributed by atoms with van der Waals surface area (Å²) in [6, 6.07) is 7.31. The van der Waals surface area contributed by atoms with Crippen LogP contribution >= 0.6 is 22.6 Å². The number of ether oxygens (including phenoxy) is 1. The van der Waals surface area contributed by atoms with Gasteiger partial charge in [-0.05, 0) is 35.1 Å². The molecule has 17 heavy (non-hydrogen) atoms. The molecule has 1 rings (SSSR count). The van der Waals surface area contributed by atoms with E-state index in [1.165, 1.54) is 7.05 Å². The second kappa shape index (κ2) is 6.20. The third-order valence-electron chi connectivity index (χ3n) is 2.35. The van der Waals surface area contributed by atoms with E-state index in [1.54, 1.807) is 6.07 Å². The molecule has 94 valence electrons. The third-order valence-corrected chi connectivity index (χ3v) is 3.29. The number of aliphatic hydroxyl groups is 1. The Morgan fingerprint density at radius 1 is 1.53 bits per heavy atom. The van der Waals surface area contributed by atoms with Crippen LogP contribution in [0.1, 0.15) is 25.3 Å². The number of halogens is 1. The number of rotatable bonds is 4. The molecule has 0 aliphatic carbocycles. The van der Waals surface area contributed by atoms with Crippen molar-refractivity contribution in [3.05, 3.63) is 33.4 Å². The van der Waals surface area contributed by atoms with E-state index in [1.807, 2.05) is 25.1 Å². The van der Waals surface area contributed by atoms with E-state index in [0.717, 1.165) is 3.57 Å². The number of amides is 1. The van der Waals surface area contributed by atoms with Crippen LogP contribution in [0.4, 0.5) is 4.79 Å². The van der Waals surface area contributed by atoms with E-state index >= 15 is 0 Å². The number of hydrogen-bond donors (Lipinski definition) is 2. The molecule has 0 aliphatic heterocycles. The largest absolute Gasteiger partial charge is 0.413 e. The number of nitrogens with one attached hydrogen (secondary N) is 1. The number of carbonyl (C=O) groups is 1. The van der Waals surface area contributed by atoms with Gasteiger partial charge < -0.3 is 15.2 Å². The average molecular weight is 349 g/mol. The summed E-state index contributed by atoms with van der Waals surface area (Å²) in [6.45, 7) is 1.92. The fourth-order valence-electron chi connectivity index (χ4n) is 1.56. The summed E-state index contributed by atoms with van der Waals surface area (Å²) >= 11 is 2.11. The Morgan fingerprint density at radius 2 is 2.18 bits per heavy atom. The first-order valence-electron chi connectivity index (χ1n) is 5.41. The molecule has 1 amide bonds. The molecule has 0 aliphatic rings. The van der Waals surface area contributed by atoms with Crippen molar-refractivity contribution >= 4 is 28.7 Å². The molecular formula is C12H16INO3. The minimum Gasteiger partial charge on any atom is -0.413 e. The summed E-state index contributed by atoms with van der Waals surface area (Å²) in [6.07, 6.45) is 0.430. The van der Waals surface area contributed by atoms with Crippen molar-refractivity contribution in [1.29, 1.82) is 0 Å². The first-order chi connectivity index (χ1) is 8.03. The van der Waals surface area contributed by atoms with Crippen LogP contribution in [0.5, 0.6) is 0 Å². The summed E-state index contributed by atoms with van der Waals surface area (Å²) < 4.78 is 5.96. The number of alkyl carbamates (subject to hydrolysis) is 1. The second-order valence-corrected chi connectivity index (χ2v) is 4.82. The van der Waals surface area contributed by atoms with Gasteiger partial charge in [-0.15, -0.1) is 0 Å². The lowest BCUT2D eigenvalue weighted by atomic mass is 10.0. The molecule has 2 N–H and O–H groups in total. The van der Waals surface area contributed by atoms with Crippen molar-refractivity contribution < 1.29 is 14.6 Å². The normalized spacial score (nSPS) is 13.9. The van der Waals surface area contributed by atoms with Crippen LogP contribution in [0.2, 0.25) is 0 Å². The minimum atomic E-state index is -1.56. The average Bonchev–Trinajstić information content (AvgIpc) is 2.29. The predicted molar refractivity (Wildman–Crippen MR) is 73.5 cm³/mol. The Kier molecular flexibility index (Phi) is 5.20. The van der Waals surface area contributed by atoms with Crippen LogP contribution < -0.4 is 5.32 Å². The number of benzene rings is 1. The van der Waals surface area contributed by atoms with E-state index in [9.17, 15) is 9.90 Å². The Morgan fingerprint density at radius 3 is 2.71 bits per heavy atom. The second-order valence-electron chi connectivity index (χ2n) is 3.65. The Hall–Kier alpha value is -0.820. The third kappa shape index (κ3) is 3.57. The van der Waals surface area contributed by atoms with Crippen molar-refractivity contribution in [3.8, 4) is 0 Å². The zero-order valence-electron chi connectivity index (χ0n) is 9.87. The Labute approximate surface area is 115 Å². The monoisotopic (exact) mass is 349 g/mol. The van der Waals surface area contributed by atoms with Crippen molar-refractivity contribution in [1.82, 2.24) is 5.32 Å². The molecule has 5 heteroatoms. The van der Waals surface area contributed by atoms with Crippen molar-refractivity contribution in [2.75, 3.05) is 7.05 Å². The zero-order valence-corrected chi connectivity index (χ0v) is 12.0. The van der Waals surface area contributed by atoms with Gasteiger partial charge in [0.2, 0.25) is 5.79 Å². The van der Waals surface area contributed by atoms with Crippen LogP contribution in [-0.2, 0) is 10.5 Å². The Balaban J connectivity index is 3.06. The van der Waals surface area contributed by atoms with Crippen molar-refractivity contribution in [3.63, 3.8) is 0 Å². The highest BCUT2D eigenvalue weighted by Gasteiger charge is 2.34. The molecule has 0 aromatic heterocycles. The number of hydrogen-bond acceptors (Lipinski definition) is 3. The molecule has 0 fully saturated rings. The highest BCUT2D eigenvalue weighted by atomic mass is 127. The van der Waals surface area contributed by atoms with Gasteiger partial charge in [-0.2, -0.15) is 0 Å². The van der Waals surface area contributed by atoms with Crippen LogP contribution in [-0.4, -0.2) is 18.2 Å². The highest BCUT2D eigenvalue weighted by molar-refractivity contribution is 14.1. The van der Waals surface area contributed by atoms with E-state index in [0.29, 0.717) is 18.4 Å². The van der Waals surface area contributed by atoms with Gasteiger partial charge in [0.25, 0.3) is 0 Å². The van der Waals surface area contributed by atoms with E-state index in [2.05, 4.69) is 27.9 Å². The van der Waals surface area contributed by atoms with Crippen LogP contribution in [0.3, 0.4) is 0 Å². The maximum Gasteiger partial charge on any atom is 0.409 e. The first-order valence-corrected chi connectivity index (χ1v) is 6.49. The predicted octanol–water partition coefficient (Wildman–Crippen LogP) is 2.59. The molecule has 4 nitrogen and oxygen atoms in total. The molecule has 0 radical (unpaired) electrons. The summed E-state index contributed by atoms with van der Waals surface area (Å²) in [7, 11) is 1.46. The minimum absolute atomic E-state index is 0.362. The molecule has 0 spiro atoms. The van der Waals surface area contributed by atoms with Gasteiger partial charge >= 0.3 is 6.09 Å². The van der Waals surface area contributed by atoms with Gasteiger partial charge in [0.1, 0.15) is 0 Å². The van der Waals surface area contributed by atoms with Crippen molar-refractivity contribution in [2.45, 2.75) is 25.6 Å².